The summed E-state index contributed by atoms with van der Waals surface area (Å²) in [6.45, 7) is 0. The Morgan fingerprint density at radius 2 is 2.06 bits per heavy atom. The molecule has 0 amide bonds. The van der Waals surface area contributed by atoms with E-state index in [1.807, 2.05) is 0 Å². The van der Waals surface area contributed by atoms with E-state index >= 15 is 0 Å². The SMILES string of the molecule is O=C(Cl)c1cc(Cl)ccc1-n1cc(Cl)nn1. The summed E-state index contributed by atoms with van der Waals surface area (Å²) in [4.78, 5) is 11.2. The maximum absolute atomic E-state index is 11.2. The van der Waals surface area contributed by atoms with E-state index in [-0.39, 0.29) is 10.7 Å². The van der Waals surface area contributed by atoms with E-state index in [1.165, 1.54) is 16.9 Å². The van der Waals surface area contributed by atoms with Crippen LogP contribution < -0.4 is 0 Å². The number of nitrogens with zero attached hydrogens (tertiary/aromatic N) is 3. The summed E-state index contributed by atoms with van der Waals surface area (Å²) in [5.41, 5.74) is 0.722. The Kier molecular flexibility index (Phi) is 3.14. The average molecular weight is 277 g/mol. The van der Waals surface area contributed by atoms with Crippen molar-refractivity contribution in [1.82, 2.24) is 15.0 Å². The molecule has 0 atom stereocenters. The minimum absolute atomic E-state index is 0.225. The number of hydrogen-bond donors (Lipinski definition) is 0. The van der Waals surface area contributed by atoms with Crippen LogP contribution in [0.25, 0.3) is 5.69 Å². The highest BCUT2D eigenvalue weighted by Gasteiger charge is 2.12. The quantitative estimate of drug-likeness (QED) is 0.792. The van der Waals surface area contributed by atoms with Gasteiger partial charge < -0.3 is 0 Å². The molecule has 0 N–H and O–H groups in total. The fourth-order valence-corrected chi connectivity index (χ4v) is 1.68. The molecule has 0 radical (unpaired) electrons. The summed E-state index contributed by atoms with van der Waals surface area (Å²) in [5.74, 6) is 0. The molecule has 0 saturated heterocycles. The minimum atomic E-state index is -0.621. The Hall–Kier alpha value is -1.10. The summed E-state index contributed by atoms with van der Waals surface area (Å²) in [7, 11) is 0. The third kappa shape index (κ3) is 2.19. The Bertz CT molecular complexity index is 553. The lowest BCUT2D eigenvalue weighted by molar-refractivity contribution is 0.108. The number of hydrogen-bond acceptors (Lipinski definition) is 3. The van der Waals surface area contributed by atoms with Crippen molar-refractivity contribution < 1.29 is 4.79 Å². The molecule has 1 aromatic heterocycles. The van der Waals surface area contributed by atoms with Gasteiger partial charge in [0.25, 0.3) is 5.24 Å². The number of carbonyl (C=O) groups excluding carboxylic acids is 1. The molecule has 2 aromatic rings. The predicted molar refractivity (Wildman–Crippen MR) is 61.6 cm³/mol. The van der Waals surface area contributed by atoms with Crippen LogP contribution in [0.3, 0.4) is 0 Å². The van der Waals surface area contributed by atoms with Gasteiger partial charge in [0.15, 0.2) is 5.15 Å². The van der Waals surface area contributed by atoms with E-state index in [9.17, 15) is 4.79 Å². The number of benzene rings is 1. The lowest BCUT2D eigenvalue weighted by Gasteiger charge is -2.05. The first-order valence-electron chi connectivity index (χ1n) is 4.15. The van der Waals surface area contributed by atoms with Crippen LogP contribution in [-0.2, 0) is 0 Å². The first kappa shape index (κ1) is 11.4. The van der Waals surface area contributed by atoms with Crippen molar-refractivity contribution >= 4 is 40.0 Å². The van der Waals surface area contributed by atoms with Crippen LogP contribution in [0.5, 0.6) is 0 Å². The molecule has 2 rings (SSSR count). The summed E-state index contributed by atoms with van der Waals surface area (Å²) in [5, 5.41) is 7.37. The van der Waals surface area contributed by atoms with Gasteiger partial charge in [0.05, 0.1) is 17.4 Å². The molecular formula is C9H4Cl3N3O. The maximum atomic E-state index is 11.2. The van der Waals surface area contributed by atoms with Gasteiger partial charge >= 0.3 is 0 Å². The zero-order valence-electron chi connectivity index (χ0n) is 7.69. The number of carbonyl (C=O) groups is 1. The topological polar surface area (TPSA) is 47.8 Å². The normalized spacial score (nSPS) is 10.4. The van der Waals surface area contributed by atoms with Gasteiger partial charge in [0.2, 0.25) is 0 Å². The van der Waals surface area contributed by atoms with Gasteiger partial charge in [-0.25, -0.2) is 4.68 Å². The van der Waals surface area contributed by atoms with Crippen molar-refractivity contribution in [3.8, 4) is 5.69 Å². The second-order valence-corrected chi connectivity index (χ2v) is 4.09. The van der Waals surface area contributed by atoms with Crippen molar-refractivity contribution in [2.24, 2.45) is 0 Å². The van der Waals surface area contributed by atoms with Crippen LogP contribution in [-0.4, -0.2) is 20.2 Å². The van der Waals surface area contributed by atoms with Crippen LogP contribution in [0.15, 0.2) is 24.4 Å². The second kappa shape index (κ2) is 4.41. The molecule has 0 aliphatic heterocycles. The Labute approximate surface area is 106 Å². The fourth-order valence-electron chi connectivity index (χ4n) is 1.23. The second-order valence-electron chi connectivity index (χ2n) is 2.92. The zero-order valence-corrected chi connectivity index (χ0v) is 9.96. The highest BCUT2D eigenvalue weighted by Crippen LogP contribution is 2.21. The van der Waals surface area contributed by atoms with Gasteiger partial charge in [-0.15, -0.1) is 5.10 Å². The van der Waals surface area contributed by atoms with Crippen LogP contribution in [0.4, 0.5) is 0 Å². The minimum Gasteiger partial charge on any atom is -0.276 e. The van der Waals surface area contributed by atoms with Gasteiger partial charge in [0.1, 0.15) is 0 Å². The smallest absolute Gasteiger partial charge is 0.254 e. The van der Waals surface area contributed by atoms with E-state index < -0.39 is 5.24 Å². The van der Waals surface area contributed by atoms with Gasteiger partial charge in [-0.1, -0.05) is 28.4 Å². The van der Waals surface area contributed by atoms with E-state index in [1.54, 1.807) is 12.1 Å². The van der Waals surface area contributed by atoms with Crippen molar-refractivity contribution in [2.45, 2.75) is 0 Å². The number of rotatable bonds is 2. The molecule has 0 saturated carbocycles. The predicted octanol–water partition coefficient (Wildman–Crippen LogP) is 2.95. The van der Waals surface area contributed by atoms with Crippen LogP contribution in [0.2, 0.25) is 10.2 Å². The van der Waals surface area contributed by atoms with Gasteiger partial charge in [0, 0.05) is 5.02 Å². The monoisotopic (exact) mass is 275 g/mol. The molecule has 82 valence electrons. The largest absolute Gasteiger partial charge is 0.276 e. The Morgan fingerprint density at radius 1 is 1.31 bits per heavy atom. The molecule has 7 heteroatoms. The lowest BCUT2D eigenvalue weighted by Crippen LogP contribution is -2.02. The van der Waals surface area contributed by atoms with E-state index in [2.05, 4.69) is 10.3 Å². The number of aromatic nitrogens is 3. The molecule has 0 bridgehead atoms. The highest BCUT2D eigenvalue weighted by atomic mass is 35.5. The fraction of sp³-hybridized carbons (Fsp3) is 0. The summed E-state index contributed by atoms with van der Waals surface area (Å²) in [6.07, 6.45) is 1.47. The van der Waals surface area contributed by atoms with Crippen LogP contribution >= 0.6 is 34.8 Å². The standard InChI is InChI=1S/C9H4Cl3N3O/c10-5-1-2-7(6(3-5)9(12)16)15-4-8(11)13-14-15/h1-4H. The summed E-state index contributed by atoms with van der Waals surface area (Å²) in [6, 6.07) is 4.70. The van der Waals surface area contributed by atoms with Crippen molar-refractivity contribution in [3.05, 3.63) is 40.1 Å². The molecule has 4 nitrogen and oxygen atoms in total. The molecule has 0 aliphatic carbocycles. The molecule has 0 spiro atoms. The van der Waals surface area contributed by atoms with Crippen molar-refractivity contribution in [3.63, 3.8) is 0 Å². The highest BCUT2D eigenvalue weighted by molar-refractivity contribution is 6.68. The van der Waals surface area contributed by atoms with E-state index in [4.69, 9.17) is 34.8 Å². The molecule has 0 unspecified atom stereocenters. The average Bonchev–Trinajstić information content (AvgIpc) is 2.64. The Balaban J connectivity index is 2.60. The molecular weight excluding hydrogens is 272 g/mol. The van der Waals surface area contributed by atoms with Crippen LogP contribution in [0, 0.1) is 0 Å². The molecule has 0 fully saturated rings. The van der Waals surface area contributed by atoms with E-state index in [0.29, 0.717) is 10.7 Å². The van der Waals surface area contributed by atoms with Crippen LogP contribution in [0.1, 0.15) is 10.4 Å². The Morgan fingerprint density at radius 3 is 2.62 bits per heavy atom. The lowest BCUT2D eigenvalue weighted by atomic mass is 10.2. The molecule has 1 heterocycles. The molecule has 16 heavy (non-hydrogen) atoms. The first-order valence-corrected chi connectivity index (χ1v) is 5.29. The van der Waals surface area contributed by atoms with Gasteiger partial charge in [-0.2, -0.15) is 0 Å². The van der Waals surface area contributed by atoms with Gasteiger partial charge in [-0.05, 0) is 29.8 Å². The van der Waals surface area contributed by atoms with Crippen molar-refractivity contribution in [2.75, 3.05) is 0 Å². The number of halogens is 3. The molecule has 0 aliphatic rings. The molecule has 1 aromatic carbocycles. The summed E-state index contributed by atoms with van der Waals surface area (Å²) < 4.78 is 1.36. The third-order valence-electron chi connectivity index (χ3n) is 1.88. The third-order valence-corrected chi connectivity index (χ3v) is 2.49. The van der Waals surface area contributed by atoms with Gasteiger partial charge in [-0.3, -0.25) is 4.79 Å². The van der Waals surface area contributed by atoms with E-state index in [0.717, 1.165) is 0 Å². The zero-order chi connectivity index (χ0) is 11.7. The summed E-state index contributed by atoms with van der Waals surface area (Å²) >= 11 is 16.9. The maximum Gasteiger partial charge on any atom is 0.254 e. The van der Waals surface area contributed by atoms with Crippen molar-refractivity contribution in [1.29, 1.82) is 0 Å². The first-order chi connectivity index (χ1) is 7.58.